The average molecular weight is 414 g/mol. The first-order chi connectivity index (χ1) is 12.4. The van der Waals surface area contributed by atoms with Gasteiger partial charge in [-0.3, -0.25) is 4.79 Å². The Morgan fingerprint density at radius 1 is 1.12 bits per heavy atom. The van der Waals surface area contributed by atoms with Crippen molar-refractivity contribution >= 4 is 52.5 Å². The molecule has 2 N–H and O–H groups in total. The zero-order valence-electron chi connectivity index (χ0n) is 14.1. The summed E-state index contributed by atoms with van der Waals surface area (Å²) in [6, 6.07) is 16.6. The maximum Gasteiger partial charge on any atom is 0.245 e. The van der Waals surface area contributed by atoms with Crippen molar-refractivity contribution in [2.45, 2.75) is 16.9 Å². The second-order valence-corrected chi connectivity index (χ2v) is 7.70. The maximum absolute atomic E-state index is 12.2. The monoisotopic (exact) mass is 412 g/mol. The number of benzene rings is 2. The molecule has 0 spiro atoms. The molecule has 0 saturated carbocycles. The van der Waals surface area contributed by atoms with Crippen LogP contribution >= 0.6 is 34.8 Å². The quantitative estimate of drug-likeness (QED) is 0.380. The Hall–Kier alpha value is -1.88. The molecule has 0 aliphatic heterocycles. The fraction of sp³-hybridized carbons (Fsp3) is 0.211. The van der Waals surface area contributed by atoms with Gasteiger partial charge in [0.1, 0.15) is 11.9 Å². The summed E-state index contributed by atoms with van der Waals surface area (Å²) in [6.07, 6.45) is 2.15. The number of halogens is 3. The van der Waals surface area contributed by atoms with Gasteiger partial charge in [0.05, 0.1) is 6.61 Å². The number of alkyl halides is 3. The van der Waals surface area contributed by atoms with E-state index in [1.54, 1.807) is 30.3 Å². The van der Waals surface area contributed by atoms with E-state index in [-0.39, 0.29) is 5.91 Å². The summed E-state index contributed by atoms with van der Waals surface area (Å²) in [5.74, 6) is 0.349. The van der Waals surface area contributed by atoms with Gasteiger partial charge in [-0.2, -0.15) is 0 Å². The molecule has 7 heteroatoms. The van der Waals surface area contributed by atoms with Gasteiger partial charge in [-0.15, -0.1) is 0 Å². The third-order valence-electron chi connectivity index (χ3n) is 3.32. The fourth-order valence-corrected chi connectivity index (χ4v) is 2.43. The molecule has 0 aliphatic rings. The van der Waals surface area contributed by atoms with E-state index >= 15 is 0 Å². The zero-order valence-corrected chi connectivity index (χ0v) is 16.4. The van der Waals surface area contributed by atoms with Gasteiger partial charge in [-0.1, -0.05) is 65.1 Å². The van der Waals surface area contributed by atoms with E-state index in [2.05, 4.69) is 10.6 Å². The topological polar surface area (TPSA) is 50.4 Å². The van der Waals surface area contributed by atoms with Crippen molar-refractivity contribution in [2.24, 2.45) is 0 Å². The maximum atomic E-state index is 12.2. The van der Waals surface area contributed by atoms with Crippen molar-refractivity contribution in [3.63, 3.8) is 0 Å². The van der Waals surface area contributed by atoms with Gasteiger partial charge in [0.15, 0.2) is 0 Å². The number of hydrogen-bond donors (Lipinski definition) is 2. The molecule has 138 valence electrons. The van der Waals surface area contributed by atoms with Gasteiger partial charge in [-0.25, -0.2) is 0 Å². The molecule has 2 rings (SSSR count). The largest absolute Gasteiger partial charge is 0.494 e. The Balaban J connectivity index is 2.03. The van der Waals surface area contributed by atoms with Crippen molar-refractivity contribution in [3.8, 4) is 5.75 Å². The SMILES string of the molecule is CCOc1ccc(NC(NC(=O)C=Cc2ccccc2)C(Cl)(Cl)Cl)cc1. The van der Waals surface area contributed by atoms with E-state index in [9.17, 15) is 4.79 Å². The number of rotatable bonds is 7. The second-order valence-electron chi connectivity index (χ2n) is 5.33. The highest BCUT2D eigenvalue weighted by molar-refractivity contribution is 6.68. The number of anilines is 1. The molecule has 0 saturated heterocycles. The molecule has 0 fully saturated rings. The minimum Gasteiger partial charge on any atom is -0.494 e. The van der Waals surface area contributed by atoms with Crippen molar-refractivity contribution in [3.05, 3.63) is 66.2 Å². The smallest absolute Gasteiger partial charge is 0.245 e. The van der Waals surface area contributed by atoms with E-state index in [4.69, 9.17) is 39.5 Å². The first-order valence-electron chi connectivity index (χ1n) is 7.98. The van der Waals surface area contributed by atoms with Crippen LogP contribution in [0.4, 0.5) is 5.69 Å². The van der Waals surface area contributed by atoms with Crippen molar-refractivity contribution in [1.29, 1.82) is 0 Å². The molecule has 4 nitrogen and oxygen atoms in total. The van der Waals surface area contributed by atoms with Crippen LogP contribution in [0.5, 0.6) is 5.75 Å². The molecule has 0 bridgehead atoms. The van der Waals surface area contributed by atoms with Gasteiger partial charge in [0.2, 0.25) is 9.70 Å². The fourth-order valence-electron chi connectivity index (χ4n) is 2.11. The second kappa shape index (κ2) is 9.72. The van der Waals surface area contributed by atoms with Crippen LogP contribution in [0.2, 0.25) is 0 Å². The first kappa shape index (κ1) is 20.4. The minimum absolute atomic E-state index is 0.386. The molecule has 2 aromatic rings. The number of ether oxygens (including phenoxy) is 1. The molecule has 1 unspecified atom stereocenters. The summed E-state index contributed by atoms with van der Waals surface area (Å²) >= 11 is 18.0. The van der Waals surface area contributed by atoms with Crippen molar-refractivity contribution < 1.29 is 9.53 Å². The average Bonchev–Trinajstić information content (AvgIpc) is 2.61. The highest BCUT2D eigenvalue weighted by atomic mass is 35.6. The van der Waals surface area contributed by atoms with Gasteiger partial charge in [0.25, 0.3) is 0 Å². The summed E-state index contributed by atoms with van der Waals surface area (Å²) in [5, 5.41) is 5.65. The summed E-state index contributed by atoms with van der Waals surface area (Å²) in [5.41, 5.74) is 1.57. The summed E-state index contributed by atoms with van der Waals surface area (Å²) in [6.45, 7) is 2.48. The van der Waals surface area contributed by atoms with Gasteiger partial charge >= 0.3 is 0 Å². The lowest BCUT2D eigenvalue weighted by Crippen LogP contribution is -2.48. The number of carbonyl (C=O) groups excluding carboxylic acids is 1. The molecule has 0 heterocycles. The van der Waals surface area contributed by atoms with Crippen molar-refractivity contribution in [1.82, 2.24) is 5.32 Å². The molecule has 0 radical (unpaired) electrons. The van der Waals surface area contributed by atoms with Gasteiger partial charge < -0.3 is 15.4 Å². The lowest BCUT2D eigenvalue weighted by molar-refractivity contribution is -0.116. The van der Waals surface area contributed by atoms with Gasteiger partial charge in [0, 0.05) is 11.8 Å². The Morgan fingerprint density at radius 2 is 1.77 bits per heavy atom. The first-order valence-corrected chi connectivity index (χ1v) is 9.11. The van der Waals surface area contributed by atoms with Crippen LogP contribution in [-0.2, 0) is 4.79 Å². The Labute approximate surface area is 168 Å². The van der Waals surface area contributed by atoms with E-state index in [1.807, 2.05) is 37.3 Å². The summed E-state index contributed by atoms with van der Waals surface area (Å²) in [4.78, 5) is 12.2. The van der Waals surface area contributed by atoms with Gasteiger partial charge in [-0.05, 0) is 42.8 Å². The summed E-state index contributed by atoms with van der Waals surface area (Å²) < 4.78 is 3.65. The third-order valence-corrected chi connectivity index (χ3v) is 3.97. The molecule has 1 atom stereocenters. The number of amides is 1. The molecule has 1 amide bonds. The minimum atomic E-state index is -1.74. The van der Waals surface area contributed by atoms with Crippen LogP contribution in [0.1, 0.15) is 12.5 Å². The number of hydrogen-bond acceptors (Lipinski definition) is 3. The normalized spacial score (nSPS) is 12.6. The molecule has 0 aliphatic carbocycles. The Bertz CT molecular complexity index is 729. The lowest BCUT2D eigenvalue weighted by atomic mass is 10.2. The van der Waals surface area contributed by atoms with Crippen LogP contribution < -0.4 is 15.4 Å². The predicted molar refractivity (Wildman–Crippen MR) is 109 cm³/mol. The highest BCUT2D eigenvalue weighted by Gasteiger charge is 2.33. The van der Waals surface area contributed by atoms with Crippen LogP contribution in [0.3, 0.4) is 0 Å². The van der Waals surface area contributed by atoms with E-state index < -0.39 is 9.96 Å². The van der Waals surface area contributed by atoms with E-state index in [0.29, 0.717) is 12.3 Å². The standard InChI is InChI=1S/C19H19Cl3N2O2/c1-2-26-16-11-9-15(10-12-16)23-18(19(20,21)22)24-17(25)13-8-14-6-4-3-5-7-14/h3-13,18,23H,2H2,1H3,(H,24,25). The molecular formula is C19H19Cl3N2O2. The molecule has 0 aromatic heterocycles. The Morgan fingerprint density at radius 3 is 2.35 bits per heavy atom. The zero-order chi connectivity index (χ0) is 19.0. The van der Waals surface area contributed by atoms with Crippen LogP contribution in [0, 0.1) is 0 Å². The third kappa shape index (κ3) is 6.79. The molecular weight excluding hydrogens is 395 g/mol. The molecule has 26 heavy (non-hydrogen) atoms. The van der Waals surface area contributed by atoms with Crippen molar-refractivity contribution in [2.75, 3.05) is 11.9 Å². The number of carbonyl (C=O) groups is 1. The van der Waals surface area contributed by atoms with E-state index in [1.165, 1.54) is 6.08 Å². The molecule has 2 aromatic carbocycles. The van der Waals surface area contributed by atoms with Crippen LogP contribution in [-0.4, -0.2) is 22.5 Å². The number of nitrogens with one attached hydrogen (secondary N) is 2. The lowest BCUT2D eigenvalue weighted by Gasteiger charge is -2.27. The van der Waals surface area contributed by atoms with E-state index in [0.717, 1.165) is 11.3 Å². The predicted octanol–water partition coefficient (Wildman–Crippen LogP) is 5.02. The highest BCUT2D eigenvalue weighted by Crippen LogP contribution is 2.31. The Kier molecular flexibility index (Phi) is 7.64. The summed E-state index contributed by atoms with van der Waals surface area (Å²) in [7, 11) is 0. The van der Waals surface area contributed by atoms with Crippen LogP contribution in [0.15, 0.2) is 60.7 Å². The van der Waals surface area contributed by atoms with Crippen LogP contribution in [0.25, 0.3) is 6.08 Å².